The molecule has 1 aromatic heterocycles. The van der Waals surface area contributed by atoms with Gasteiger partial charge in [0.15, 0.2) is 5.22 Å². The van der Waals surface area contributed by atoms with Crippen molar-refractivity contribution in [2.75, 3.05) is 0 Å². The van der Waals surface area contributed by atoms with Crippen LogP contribution >= 0.6 is 11.6 Å². The summed E-state index contributed by atoms with van der Waals surface area (Å²) < 4.78 is 5.11. The number of furan rings is 1. The zero-order valence-electron chi connectivity index (χ0n) is 6.80. The number of hydrogen-bond acceptors (Lipinski definition) is 2. The first kappa shape index (κ1) is 9.18. The highest BCUT2D eigenvalue weighted by Crippen LogP contribution is 2.12. The summed E-state index contributed by atoms with van der Waals surface area (Å²) in [6, 6.07) is 3.58. The predicted molar refractivity (Wildman–Crippen MR) is 48.9 cm³/mol. The Bertz CT molecular complexity index is 287. The molecule has 0 saturated heterocycles. The van der Waals surface area contributed by atoms with E-state index in [0.717, 1.165) is 5.76 Å². The van der Waals surface area contributed by atoms with Crippen LogP contribution in [-0.2, 0) is 6.54 Å². The highest BCUT2D eigenvalue weighted by molar-refractivity contribution is 6.28. The normalized spacial score (nSPS) is 12.4. The molecule has 0 aliphatic carbocycles. The molecule has 0 radical (unpaired) electrons. The third-order valence-corrected chi connectivity index (χ3v) is 1.66. The first-order chi connectivity index (χ1) is 5.72. The average molecular weight is 184 g/mol. The molecular weight excluding hydrogens is 174 g/mol. The van der Waals surface area contributed by atoms with Gasteiger partial charge in [0, 0.05) is 0 Å². The fraction of sp³-hybridized carbons (Fsp3) is 0.333. The molecule has 1 aromatic rings. The smallest absolute Gasteiger partial charge is 0.193 e. The maximum absolute atomic E-state index is 5.57. The van der Waals surface area contributed by atoms with Crippen LogP contribution < -0.4 is 5.32 Å². The van der Waals surface area contributed by atoms with Gasteiger partial charge in [-0.1, -0.05) is 5.92 Å². The summed E-state index contributed by atoms with van der Waals surface area (Å²) in [5.41, 5.74) is 0. The Morgan fingerprint density at radius 2 is 2.50 bits per heavy atom. The Morgan fingerprint density at radius 3 is 3.00 bits per heavy atom. The molecular formula is C9H10ClNO. The van der Waals surface area contributed by atoms with Crippen LogP contribution in [0.5, 0.6) is 0 Å². The van der Waals surface area contributed by atoms with E-state index in [0.29, 0.717) is 11.8 Å². The molecule has 1 N–H and O–H groups in total. The second-order valence-corrected chi connectivity index (χ2v) is 2.85. The van der Waals surface area contributed by atoms with E-state index in [4.69, 9.17) is 22.4 Å². The molecule has 0 aliphatic heterocycles. The SMILES string of the molecule is C#CC(C)NCc1ccc(Cl)o1. The van der Waals surface area contributed by atoms with Crippen molar-refractivity contribution in [1.29, 1.82) is 0 Å². The standard InChI is InChI=1S/C9H10ClNO/c1-3-7(2)11-6-8-4-5-9(10)12-8/h1,4-5,7,11H,6H2,2H3. The van der Waals surface area contributed by atoms with Crippen LogP contribution in [0.2, 0.25) is 5.22 Å². The zero-order chi connectivity index (χ0) is 8.97. The lowest BCUT2D eigenvalue weighted by Crippen LogP contribution is -2.23. The number of nitrogens with one attached hydrogen (secondary N) is 1. The van der Waals surface area contributed by atoms with Gasteiger partial charge in [0.25, 0.3) is 0 Å². The largest absolute Gasteiger partial charge is 0.448 e. The van der Waals surface area contributed by atoms with E-state index in [1.165, 1.54) is 0 Å². The Kier molecular flexibility index (Phi) is 3.21. The van der Waals surface area contributed by atoms with Crippen LogP contribution in [0.15, 0.2) is 16.5 Å². The lowest BCUT2D eigenvalue weighted by molar-refractivity contribution is 0.478. The molecule has 3 heteroatoms. The fourth-order valence-corrected chi connectivity index (χ4v) is 0.921. The summed E-state index contributed by atoms with van der Waals surface area (Å²) in [5.74, 6) is 3.35. The quantitative estimate of drug-likeness (QED) is 0.726. The van der Waals surface area contributed by atoms with Gasteiger partial charge >= 0.3 is 0 Å². The molecule has 0 bridgehead atoms. The summed E-state index contributed by atoms with van der Waals surface area (Å²) >= 11 is 5.57. The number of hydrogen-bond donors (Lipinski definition) is 1. The summed E-state index contributed by atoms with van der Waals surface area (Å²) in [6.45, 7) is 2.52. The van der Waals surface area contributed by atoms with E-state index in [1.807, 2.05) is 13.0 Å². The van der Waals surface area contributed by atoms with Gasteiger partial charge in [0.05, 0.1) is 12.6 Å². The van der Waals surface area contributed by atoms with Crippen molar-refractivity contribution in [2.24, 2.45) is 0 Å². The van der Waals surface area contributed by atoms with Crippen LogP contribution in [0.4, 0.5) is 0 Å². The van der Waals surface area contributed by atoms with Gasteiger partial charge in [-0.15, -0.1) is 6.42 Å². The lowest BCUT2D eigenvalue weighted by atomic mass is 10.3. The van der Waals surface area contributed by atoms with Crippen molar-refractivity contribution in [3.63, 3.8) is 0 Å². The molecule has 1 rings (SSSR count). The molecule has 12 heavy (non-hydrogen) atoms. The molecule has 64 valence electrons. The van der Waals surface area contributed by atoms with Gasteiger partial charge in [-0.3, -0.25) is 5.32 Å². The van der Waals surface area contributed by atoms with Crippen LogP contribution in [0.1, 0.15) is 12.7 Å². The van der Waals surface area contributed by atoms with Crippen molar-refractivity contribution < 1.29 is 4.42 Å². The van der Waals surface area contributed by atoms with E-state index in [1.54, 1.807) is 6.07 Å². The van der Waals surface area contributed by atoms with Gasteiger partial charge in [-0.25, -0.2) is 0 Å². The van der Waals surface area contributed by atoms with Crippen molar-refractivity contribution >= 4 is 11.6 Å². The fourth-order valence-electron chi connectivity index (χ4n) is 0.759. The summed E-state index contributed by atoms with van der Waals surface area (Å²) in [6.07, 6.45) is 5.17. The van der Waals surface area contributed by atoms with E-state index in [2.05, 4.69) is 11.2 Å². The van der Waals surface area contributed by atoms with E-state index in [-0.39, 0.29) is 6.04 Å². The minimum absolute atomic E-state index is 0.0499. The second-order valence-electron chi connectivity index (χ2n) is 2.48. The molecule has 0 aromatic carbocycles. The second kappa shape index (κ2) is 4.20. The topological polar surface area (TPSA) is 25.2 Å². The Labute approximate surface area is 76.9 Å². The third kappa shape index (κ3) is 2.61. The first-order valence-corrected chi connectivity index (χ1v) is 4.04. The highest BCUT2D eigenvalue weighted by Gasteiger charge is 2.00. The van der Waals surface area contributed by atoms with Gasteiger partial charge in [-0.2, -0.15) is 0 Å². The zero-order valence-corrected chi connectivity index (χ0v) is 7.56. The number of rotatable bonds is 3. The van der Waals surface area contributed by atoms with Crippen LogP contribution in [0, 0.1) is 12.3 Å². The average Bonchev–Trinajstić information content (AvgIpc) is 2.47. The van der Waals surface area contributed by atoms with Gasteiger partial charge < -0.3 is 4.42 Å². The summed E-state index contributed by atoms with van der Waals surface area (Å²) in [5, 5.41) is 3.48. The highest BCUT2D eigenvalue weighted by atomic mass is 35.5. The van der Waals surface area contributed by atoms with E-state index >= 15 is 0 Å². The summed E-state index contributed by atoms with van der Waals surface area (Å²) in [4.78, 5) is 0. The Balaban J connectivity index is 2.39. The maximum Gasteiger partial charge on any atom is 0.193 e. The van der Waals surface area contributed by atoms with Gasteiger partial charge in [0.1, 0.15) is 5.76 Å². The van der Waals surface area contributed by atoms with Gasteiger partial charge in [0.2, 0.25) is 0 Å². The van der Waals surface area contributed by atoms with Crippen LogP contribution in [0.3, 0.4) is 0 Å². The van der Waals surface area contributed by atoms with E-state index in [9.17, 15) is 0 Å². The summed E-state index contributed by atoms with van der Waals surface area (Å²) in [7, 11) is 0. The maximum atomic E-state index is 5.57. The van der Waals surface area contributed by atoms with Crippen molar-refractivity contribution in [1.82, 2.24) is 5.32 Å². The molecule has 1 heterocycles. The minimum Gasteiger partial charge on any atom is -0.448 e. The lowest BCUT2D eigenvalue weighted by Gasteiger charge is -2.03. The van der Waals surface area contributed by atoms with E-state index < -0.39 is 0 Å². The monoisotopic (exact) mass is 183 g/mol. The third-order valence-electron chi connectivity index (χ3n) is 1.46. The number of halogens is 1. The molecule has 1 atom stereocenters. The molecule has 1 unspecified atom stereocenters. The van der Waals surface area contributed by atoms with Crippen LogP contribution in [-0.4, -0.2) is 6.04 Å². The van der Waals surface area contributed by atoms with Gasteiger partial charge in [-0.05, 0) is 30.7 Å². The van der Waals surface area contributed by atoms with Crippen molar-refractivity contribution in [2.45, 2.75) is 19.5 Å². The molecule has 0 fully saturated rings. The number of terminal acetylenes is 1. The molecule has 0 aliphatic rings. The molecule has 0 amide bonds. The Hall–Kier alpha value is -0.910. The van der Waals surface area contributed by atoms with Crippen molar-refractivity contribution in [3.05, 3.63) is 23.1 Å². The van der Waals surface area contributed by atoms with Crippen LogP contribution in [0.25, 0.3) is 0 Å². The molecule has 0 saturated carbocycles. The molecule has 0 spiro atoms. The minimum atomic E-state index is 0.0499. The predicted octanol–water partition coefficient (Wildman–Crippen LogP) is 2.04. The van der Waals surface area contributed by atoms with Crippen molar-refractivity contribution in [3.8, 4) is 12.3 Å². The molecule has 2 nitrogen and oxygen atoms in total. The Morgan fingerprint density at radius 1 is 1.75 bits per heavy atom. The first-order valence-electron chi connectivity index (χ1n) is 3.66.